The Bertz CT molecular complexity index is 545. The van der Waals surface area contributed by atoms with E-state index >= 15 is 0 Å². The van der Waals surface area contributed by atoms with Gasteiger partial charge in [-0.05, 0) is 37.6 Å². The Morgan fingerprint density at radius 1 is 1.35 bits per heavy atom. The third-order valence-electron chi connectivity index (χ3n) is 2.25. The summed E-state index contributed by atoms with van der Waals surface area (Å²) in [5, 5.41) is -0.474. The van der Waals surface area contributed by atoms with Crippen LogP contribution in [0.15, 0.2) is 35.2 Å². The van der Waals surface area contributed by atoms with Crippen molar-refractivity contribution in [3.63, 3.8) is 0 Å². The van der Waals surface area contributed by atoms with E-state index in [1.807, 2.05) is 0 Å². The molecule has 0 heterocycles. The zero-order valence-corrected chi connectivity index (χ0v) is 10.6. The number of benzene rings is 1. The van der Waals surface area contributed by atoms with E-state index in [0.717, 1.165) is 0 Å². The van der Waals surface area contributed by atoms with Crippen LogP contribution in [0.5, 0.6) is 0 Å². The maximum absolute atomic E-state index is 11.9. The molecule has 5 heteroatoms. The van der Waals surface area contributed by atoms with Gasteiger partial charge in [0.2, 0.25) is 5.91 Å². The Kier molecular flexibility index (Phi) is 4.07. The van der Waals surface area contributed by atoms with Crippen LogP contribution in [0.1, 0.15) is 19.4 Å². The summed E-state index contributed by atoms with van der Waals surface area (Å²) in [5.41, 5.74) is 5.60. The van der Waals surface area contributed by atoms with E-state index in [-0.39, 0.29) is 4.90 Å². The van der Waals surface area contributed by atoms with E-state index in [4.69, 9.17) is 5.73 Å². The van der Waals surface area contributed by atoms with Crippen molar-refractivity contribution in [2.24, 2.45) is 5.73 Å². The third kappa shape index (κ3) is 3.42. The predicted molar refractivity (Wildman–Crippen MR) is 67.0 cm³/mol. The van der Waals surface area contributed by atoms with Gasteiger partial charge in [0.25, 0.3) is 0 Å². The summed E-state index contributed by atoms with van der Waals surface area (Å²) in [4.78, 5) is 10.8. The minimum Gasteiger partial charge on any atom is -0.366 e. The molecule has 1 amide bonds. The zero-order valence-electron chi connectivity index (χ0n) is 9.75. The molecule has 4 nitrogen and oxygen atoms in total. The van der Waals surface area contributed by atoms with E-state index in [1.54, 1.807) is 26.0 Å². The smallest absolute Gasteiger partial charge is 0.241 e. The van der Waals surface area contributed by atoms with Gasteiger partial charge < -0.3 is 5.73 Å². The normalized spacial score (nSPS) is 12.2. The molecule has 0 aliphatic heterocycles. The number of carbonyl (C=O) groups excluding carboxylic acids is 1. The lowest BCUT2D eigenvalue weighted by Gasteiger charge is -2.08. The summed E-state index contributed by atoms with van der Waals surface area (Å²) in [6.45, 7) is 3.25. The fourth-order valence-corrected chi connectivity index (χ4v) is 2.36. The average Bonchev–Trinajstić information content (AvgIpc) is 2.26. The first-order valence-electron chi connectivity index (χ1n) is 5.15. The Morgan fingerprint density at radius 3 is 2.53 bits per heavy atom. The van der Waals surface area contributed by atoms with Gasteiger partial charge in [0.15, 0.2) is 9.84 Å². The molecule has 0 unspecified atom stereocenters. The molecule has 0 atom stereocenters. The monoisotopic (exact) mass is 253 g/mol. The van der Waals surface area contributed by atoms with Crippen molar-refractivity contribution in [3.8, 4) is 0 Å². The third-order valence-corrected chi connectivity index (χ3v) is 4.40. The molecule has 0 saturated carbocycles. The van der Waals surface area contributed by atoms with E-state index < -0.39 is 21.0 Å². The molecule has 2 N–H and O–H groups in total. The molecule has 92 valence electrons. The minimum atomic E-state index is -3.29. The highest BCUT2D eigenvalue weighted by Crippen LogP contribution is 2.17. The van der Waals surface area contributed by atoms with E-state index in [1.165, 1.54) is 24.3 Å². The SMILES string of the molecule is CC(C)S(=O)(=O)c1cccc(C=CC(N)=O)c1. The van der Waals surface area contributed by atoms with Crippen molar-refractivity contribution < 1.29 is 13.2 Å². The topological polar surface area (TPSA) is 77.2 Å². The lowest BCUT2D eigenvalue weighted by Crippen LogP contribution is -2.13. The summed E-state index contributed by atoms with van der Waals surface area (Å²) in [5.74, 6) is -0.567. The van der Waals surface area contributed by atoms with Crippen LogP contribution in [0.25, 0.3) is 6.08 Å². The highest BCUT2D eigenvalue weighted by molar-refractivity contribution is 7.92. The van der Waals surface area contributed by atoms with E-state index in [2.05, 4.69) is 0 Å². The van der Waals surface area contributed by atoms with Gasteiger partial charge in [0.1, 0.15) is 0 Å². The number of amides is 1. The Morgan fingerprint density at radius 2 is 2.00 bits per heavy atom. The molecule has 0 fully saturated rings. The summed E-state index contributed by atoms with van der Waals surface area (Å²) in [6, 6.07) is 6.40. The quantitative estimate of drug-likeness (QED) is 0.823. The fraction of sp³-hybridized carbons (Fsp3) is 0.250. The molecule has 1 rings (SSSR count). The summed E-state index contributed by atoms with van der Waals surface area (Å²) >= 11 is 0. The Hall–Kier alpha value is -1.62. The molecule has 0 aliphatic rings. The molecular formula is C12H15NO3S. The predicted octanol–water partition coefficient (Wildman–Crippen LogP) is 1.37. The average molecular weight is 253 g/mol. The molecule has 1 aromatic carbocycles. The summed E-state index contributed by atoms with van der Waals surface area (Å²) in [7, 11) is -3.29. The second kappa shape index (κ2) is 5.14. The highest BCUT2D eigenvalue weighted by atomic mass is 32.2. The Balaban J connectivity index is 3.15. The lowest BCUT2D eigenvalue weighted by atomic mass is 10.2. The number of hydrogen-bond acceptors (Lipinski definition) is 3. The molecule has 0 aromatic heterocycles. The standard InChI is InChI=1S/C12H15NO3S/c1-9(2)17(15,16)11-5-3-4-10(8-11)6-7-12(13)14/h3-9H,1-2H3,(H2,13,14). The van der Waals surface area contributed by atoms with Gasteiger partial charge in [0.05, 0.1) is 10.1 Å². The van der Waals surface area contributed by atoms with E-state index in [9.17, 15) is 13.2 Å². The number of primary amides is 1. The minimum absolute atomic E-state index is 0.249. The number of hydrogen-bond donors (Lipinski definition) is 1. The maximum Gasteiger partial charge on any atom is 0.241 e. The van der Waals surface area contributed by atoms with Crippen LogP contribution >= 0.6 is 0 Å². The van der Waals surface area contributed by atoms with Gasteiger partial charge in [0, 0.05) is 6.08 Å². The second-order valence-electron chi connectivity index (χ2n) is 3.90. The summed E-state index contributed by atoms with van der Waals surface area (Å²) < 4.78 is 23.8. The molecule has 0 bridgehead atoms. The van der Waals surface area contributed by atoms with Gasteiger partial charge in [-0.2, -0.15) is 0 Å². The first kappa shape index (κ1) is 13.4. The van der Waals surface area contributed by atoms with Gasteiger partial charge in [-0.15, -0.1) is 0 Å². The van der Waals surface area contributed by atoms with Crippen molar-refractivity contribution >= 4 is 21.8 Å². The zero-order chi connectivity index (χ0) is 13.1. The van der Waals surface area contributed by atoms with Gasteiger partial charge in [-0.25, -0.2) is 8.42 Å². The van der Waals surface area contributed by atoms with Crippen LogP contribution in [0, 0.1) is 0 Å². The van der Waals surface area contributed by atoms with Crippen LogP contribution in [-0.2, 0) is 14.6 Å². The van der Waals surface area contributed by atoms with Crippen LogP contribution in [0.2, 0.25) is 0 Å². The van der Waals surface area contributed by atoms with Crippen molar-refractivity contribution in [1.29, 1.82) is 0 Å². The lowest BCUT2D eigenvalue weighted by molar-refractivity contribution is -0.113. The largest absolute Gasteiger partial charge is 0.366 e. The number of sulfone groups is 1. The van der Waals surface area contributed by atoms with Gasteiger partial charge in [-0.1, -0.05) is 12.1 Å². The molecule has 17 heavy (non-hydrogen) atoms. The van der Waals surface area contributed by atoms with Crippen molar-refractivity contribution in [3.05, 3.63) is 35.9 Å². The molecule has 0 saturated heterocycles. The Labute approximate surface area is 101 Å². The van der Waals surface area contributed by atoms with Crippen LogP contribution < -0.4 is 5.73 Å². The van der Waals surface area contributed by atoms with Crippen molar-refractivity contribution in [2.75, 3.05) is 0 Å². The molecule has 0 spiro atoms. The molecule has 0 radical (unpaired) electrons. The second-order valence-corrected chi connectivity index (χ2v) is 6.41. The van der Waals surface area contributed by atoms with Gasteiger partial charge in [-0.3, -0.25) is 4.79 Å². The van der Waals surface area contributed by atoms with Gasteiger partial charge >= 0.3 is 0 Å². The number of nitrogens with two attached hydrogens (primary N) is 1. The fourth-order valence-electron chi connectivity index (χ4n) is 1.25. The van der Waals surface area contributed by atoms with Crippen LogP contribution in [0.3, 0.4) is 0 Å². The molecule has 0 aliphatic carbocycles. The number of rotatable bonds is 4. The first-order valence-corrected chi connectivity index (χ1v) is 6.70. The summed E-state index contributed by atoms with van der Waals surface area (Å²) in [6.07, 6.45) is 2.68. The molecular weight excluding hydrogens is 238 g/mol. The van der Waals surface area contributed by atoms with Crippen LogP contribution in [-0.4, -0.2) is 19.6 Å². The van der Waals surface area contributed by atoms with E-state index in [0.29, 0.717) is 5.56 Å². The van der Waals surface area contributed by atoms with Crippen LogP contribution in [0.4, 0.5) is 0 Å². The van der Waals surface area contributed by atoms with Crippen molar-refractivity contribution in [2.45, 2.75) is 24.0 Å². The number of carbonyl (C=O) groups is 1. The highest BCUT2D eigenvalue weighted by Gasteiger charge is 2.18. The maximum atomic E-state index is 11.9. The first-order chi connectivity index (χ1) is 7.84. The van der Waals surface area contributed by atoms with Crippen molar-refractivity contribution in [1.82, 2.24) is 0 Å². The molecule has 1 aromatic rings.